The maximum absolute atomic E-state index is 12.1. The highest BCUT2D eigenvalue weighted by atomic mass is 35.5. The van der Waals surface area contributed by atoms with Gasteiger partial charge in [-0.15, -0.1) is 11.3 Å². The molecule has 1 amide bonds. The first kappa shape index (κ1) is 20.6. The second-order valence-electron chi connectivity index (χ2n) is 6.33. The van der Waals surface area contributed by atoms with Crippen molar-refractivity contribution in [3.05, 3.63) is 76.1 Å². The van der Waals surface area contributed by atoms with E-state index in [0.717, 1.165) is 20.5 Å². The first-order chi connectivity index (χ1) is 13.4. The number of carbonyl (C=O) groups is 1. The molecule has 2 aromatic carbocycles. The second-order valence-corrected chi connectivity index (χ2v) is 9.98. The SMILES string of the molecule is O=C(C=Cc1sc2ccccc2c1Cl)NCCCS(=O)(=O)Cc1ccccc1. The van der Waals surface area contributed by atoms with Crippen LogP contribution in [0.3, 0.4) is 0 Å². The molecule has 0 spiro atoms. The van der Waals surface area contributed by atoms with Gasteiger partial charge in [0.2, 0.25) is 5.91 Å². The Morgan fingerprint density at radius 3 is 2.54 bits per heavy atom. The molecule has 0 fully saturated rings. The van der Waals surface area contributed by atoms with Gasteiger partial charge in [0, 0.05) is 27.6 Å². The zero-order valence-electron chi connectivity index (χ0n) is 15.1. The molecule has 7 heteroatoms. The molecule has 0 saturated carbocycles. The summed E-state index contributed by atoms with van der Waals surface area (Å²) in [7, 11) is -3.19. The second kappa shape index (κ2) is 9.37. The summed E-state index contributed by atoms with van der Waals surface area (Å²) >= 11 is 7.87. The van der Waals surface area contributed by atoms with Gasteiger partial charge >= 0.3 is 0 Å². The number of hydrogen-bond donors (Lipinski definition) is 1. The van der Waals surface area contributed by atoms with Crippen molar-refractivity contribution in [2.75, 3.05) is 12.3 Å². The Hall–Kier alpha value is -2.15. The summed E-state index contributed by atoms with van der Waals surface area (Å²) in [6.45, 7) is 0.303. The Morgan fingerprint density at radius 2 is 1.79 bits per heavy atom. The smallest absolute Gasteiger partial charge is 0.244 e. The van der Waals surface area contributed by atoms with Crippen LogP contribution in [-0.4, -0.2) is 26.6 Å². The maximum Gasteiger partial charge on any atom is 0.244 e. The van der Waals surface area contributed by atoms with Crippen LogP contribution in [0, 0.1) is 0 Å². The fraction of sp³-hybridized carbons (Fsp3) is 0.190. The van der Waals surface area contributed by atoms with Crippen molar-refractivity contribution in [2.45, 2.75) is 12.2 Å². The molecule has 0 unspecified atom stereocenters. The summed E-state index contributed by atoms with van der Waals surface area (Å²) < 4.78 is 25.3. The van der Waals surface area contributed by atoms with Crippen LogP contribution in [0.1, 0.15) is 16.9 Å². The van der Waals surface area contributed by atoms with Crippen molar-refractivity contribution in [1.29, 1.82) is 0 Å². The molecule has 0 aliphatic heterocycles. The average molecular weight is 434 g/mol. The van der Waals surface area contributed by atoms with Gasteiger partial charge in [0.25, 0.3) is 0 Å². The first-order valence-electron chi connectivity index (χ1n) is 8.82. The van der Waals surface area contributed by atoms with Crippen molar-refractivity contribution in [3.63, 3.8) is 0 Å². The summed E-state index contributed by atoms with van der Waals surface area (Å²) in [4.78, 5) is 12.8. The lowest BCUT2D eigenvalue weighted by Gasteiger charge is -2.05. The highest BCUT2D eigenvalue weighted by Crippen LogP contribution is 2.35. The standard InChI is InChI=1S/C21H20ClNO3S2/c22-21-17-9-4-5-10-18(17)27-19(21)11-12-20(24)23-13-6-14-28(25,26)15-16-7-2-1-3-8-16/h1-5,7-12H,6,13-15H2,(H,23,24). The number of hydrogen-bond acceptors (Lipinski definition) is 4. The minimum absolute atomic E-state index is 0.0200. The van der Waals surface area contributed by atoms with E-state index in [1.54, 1.807) is 18.2 Å². The fourth-order valence-electron chi connectivity index (χ4n) is 2.75. The molecule has 0 bridgehead atoms. The monoisotopic (exact) mass is 433 g/mol. The predicted octanol–water partition coefficient (Wildman–Crippen LogP) is 4.69. The topological polar surface area (TPSA) is 63.2 Å². The first-order valence-corrected chi connectivity index (χ1v) is 11.8. The summed E-state index contributed by atoms with van der Waals surface area (Å²) in [5, 5.41) is 4.32. The van der Waals surface area contributed by atoms with E-state index in [-0.39, 0.29) is 17.4 Å². The maximum atomic E-state index is 12.1. The van der Waals surface area contributed by atoms with Gasteiger partial charge in [-0.05, 0) is 24.1 Å². The highest BCUT2D eigenvalue weighted by Gasteiger charge is 2.12. The summed E-state index contributed by atoms with van der Waals surface area (Å²) in [6, 6.07) is 16.9. The summed E-state index contributed by atoms with van der Waals surface area (Å²) in [6.07, 6.45) is 3.49. The molecular weight excluding hydrogens is 414 g/mol. The van der Waals surface area contributed by atoms with Crippen molar-refractivity contribution in [2.24, 2.45) is 0 Å². The lowest BCUT2D eigenvalue weighted by Crippen LogP contribution is -2.24. The molecule has 0 aliphatic rings. The number of amides is 1. The molecule has 28 heavy (non-hydrogen) atoms. The minimum Gasteiger partial charge on any atom is -0.353 e. The predicted molar refractivity (Wildman–Crippen MR) is 117 cm³/mol. The molecule has 0 aliphatic carbocycles. The number of thiophene rings is 1. The number of benzene rings is 2. The van der Waals surface area contributed by atoms with E-state index in [1.165, 1.54) is 17.4 Å². The van der Waals surface area contributed by atoms with Gasteiger partial charge in [0.05, 0.1) is 16.5 Å². The normalized spacial score (nSPS) is 11.9. The Labute approximate surface area is 173 Å². The fourth-order valence-corrected chi connectivity index (χ4v) is 5.58. The summed E-state index contributed by atoms with van der Waals surface area (Å²) in [5.74, 6) is -0.214. The van der Waals surface area contributed by atoms with Crippen LogP contribution in [0.15, 0.2) is 60.7 Å². The van der Waals surface area contributed by atoms with E-state index in [0.29, 0.717) is 18.0 Å². The van der Waals surface area contributed by atoms with E-state index in [1.807, 2.05) is 42.5 Å². The van der Waals surface area contributed by atoms with Gasteiger partial charge in [-0.25, -0.2) is 8.42 Å². The molecule has 1 heterocycles. The van der Waals surface area contributed by atoms with E-state index in [2.05, 4.69) is 5.32 Å². The van der Waals surface area contributed by atoms with Crippen LogP contribution in [0.25, 0.3) is 16.2 Å². The van der Waals surface area contributed by atoms with Crippen LogP contribution in [-0.2, 0) is 20.4 Å². The molecule has 4 nitrogen and oxygen atoms in total. The van der Waals surface area contributed by atoms with E-state index >= 15 is 0 Å². The molecular formula is C21H20ClNO3S2. The van der Waals surface area contributed by atoms with Gasteiger partial charge < -0.3 is 5.32 Å². The van der Waals surface area contributed by atoms with Crippen LogP contribution >= 0.6 is 22.9 Å². The van der Waals surface area contributed by atoms with Crippen LogP contribution in [0.2, 0.25) is 5.02 Å². The number of sulfone groups is 1. The minimum atomic E-state index is -3.19. The van der Waals surface area contributed by atoms with Crippen molar-refractivity contribution in [3.8, 4) is 0 Å². The molecule has 146 valence electrons. The lowest BCUT2D eigenvalue weighted by molar-refractivity contribution is -0.116. The number of halogens is 1. The zero-order chi connectivity index (χ0) is 20.0. The highest BCUT2D eigenvalue weighted by molar-refractivity contribution is 7.90. The molecule has 1 N–H and O–H groups in total. The van der Waals surface area contributed by atoms with E-state index in [4.69, 9.17) is 11.6 Å². The quantitative estimate of drug-likeness (QED) is 0.414. The van der Waals surface area contributed by atoms with Gasteiger partial charge in [-0.1, -0.05) is 60.1 Å². The van der Waals surface area contributed by atoms with Gasteiger partial charge in [0.1, 0.15) is 0 Å². The van der Waals surface area contributed by atoms with Crippen LogP contribution < -0.4 is 5.32 Å². The lowest BCUT2D eigenvalue weighted by atomic mass is 10.2. The van der Waals surface area contributed by atoms with Gasteiger partial charge in [-0.3, -0.25) is 4.79 Å². The molecule has 0 radical (unpaired) electrons. The third-order valence-corrected chi connectivity index (χ3v) is 7.45. The van der Waals surface area contributed by atoms with Crippen molar-refractivity contribution in [1.82, 2.24) is 5.32 Å². The molecule has 3 rings (SSSR count). The Morgan fingerprint density at radius 1 is 1.07 bits per heavy atom. The van der Waals surface area contributed by atoms with Crippen LogP contribution in [0.4, 0.5) is 0 Å². The molecule has 0 saturated heterocycles. The Kier molecular flexibility index (Phi) is 6.88. The van der Waals surface area contributed by atoms with Gasteiger partial charge in [0.15, 0.2) is 9.84 Å². The van der Waals surface area contributed by atoms with Gasteiger partial charge in [-0.2, -0.15) is 0 Å². The van der Waals surface area contributed by atoms with E-state index < -0.39 is 9.84 Å². The molecule has 1 aromatic heterocycles. The van der Waals surface area contributed by atoms with E-state index in [9.17, 15) is 13.2 Å². The van der Waals surface area contributed by atoms with Crippen LogP contribution in [0.5, 0.6) is 0 Å². The third kappa shape index (κ3) is 5.67. The summed E-state index contributed by atoms with van der Waals surface area (Å²) in [5.41, 5.74) is 0.773. The zero-order valence-corrected chi connectivity index (χ0v) is 17.5. The third-order valence-electron chi connectivity index (χ3n) is 4.11. The van der Waals surface area contributed by atoms with Crippen molar-refractivity contribution >= 4 is 54.8 Å². The Balaban J connectivity index is 1.46. The molecule has 3 aromatic rings. The number of carbonyl (C=O) groups excluding carboxylic acids is 1. The molecule has 0 atom stereocenters. The largest absolute Gasteiger partial charge is 0.353 e. The number of rotatable bonds is 8. The number of nitrogens with one attached hydrogen (secondary N) is 1. The Bertz CT molecular complexity index is 1090. The average Bonchev–Trinajstić information content (AvgIpc) is 3.00. The van der Waals surface area contributed by atoms with Crippen molar-refractivity contribution < 1.29 is 13.2 Å². The number of fused-ring (bicyclic) bond motifs is 1.